The van der Waals surface area contributed by atoms with Gasteiger partial charge in [0.25, 0.3) is 5.91 Å². The standard InChI is InChI=1S/C20H20F3N5O2/c1-3-17(29)27-16-5-4-13(8-12(16)2)18(30)28-7-6-15(11-28)26-19-24-9-14(10-25-19)20(21,22)23/h3-5,8-10,15H,1,6-7,11H2,2H3,(H,27,29)(H,24,25,26). The van der Waals surface area contributed by atoms with Crippen LogP contribution in [0.2, 0.25) is 0 Å². The number of alkyl halides is 3. The van der Waals surface area contributed by atoms with Crippen molar-refractivity contribution in [3.05, 3.63) is 59.9 Å². The second-order valence-electron chi connectivity index (χ2n) is 6.90. The molecule has 1 aliphatic rings. The second-order valence-corrected chi connectivity index (χ2v) is 6.90. The molecule has 2 heterocycles. The molecule has 2 aromatic rings. The maximum atomic E-state index is 12.8. The first-order valence-corrected chi connectivity index (χ1v) is 9.16. The Morgan fingerprint density at radius 2 is 1.97 bits per heavy atom. The lowest BCUT2D eigenvalue weighted by Gasteiger charge is -2.18. The molecular weight excluding hydrogens is 399 g/mol. The van der Waals surface area contributed by atoms with Crippen molar-refractivity contribution in [2.75, 3.05) is 23.7 Å². The lowest BCUT2D eigenvalue weighted by molar-refractivity contribution is -0.138. The van der Waals surface area contributed by atoms with Crippen LogP contribution in [0.3, 0.4) is 0 Å². The molecule has 0 aliphatic carbocycles. The number of hydrogen-bond donors (Lipinski definition) is 2. The lowest BCUT2D eigenvalue weighted by Crippen LogP contribution is -2.32. The lowest BCUT2D eigenvalue weighted by atomic mass is 10.1. The number of carbonyl (C=O) groups excluding carboxylic acids is 2. The van der Waals surface area contributed by atoms with Crippen LogP contribution in [0.4, 0.5) is 24.8 Å². The zero-order valence-corrected chi connectivity index (χ0v) is 16.2. The van der Waals surface area contributed by atoms with Crippen LogP contribution in [0.25, 0.3) is 0 Å². The molecule has 0 radical (unpaired) electrons. The first-order valence-electron chi connectivity index (χ1n) is 9.16. The Kier molecular flexibility index (Phi) is 6.04. The normalized spacial score (nSPS) is 16.3. The third-order valence-corrected chi connectivity index (χ3v) is 4.70. The zero-order valence-electron chi connectivity index (χ0n) is 16.2. The van der Waals surface area contributed by atoms with Crippen LogP contribution in [0.1, 0.15) is 27.9 Å². The van der Waals surface area contributed by atoms with Crippen LogP contribution >= 0.6 is 0 Å². The number of benzene rings is 1. The van der Waals surface area contributed by atoms with Crippen molar-refractivity contribution in [3.63, 3.8) is 0 Å². The van der Waals surface area contributed by atoms with Gasteiger partial charge in [-0.25, -0.2) is 9.97 Å². The summed E-state index contributed by atoms with van der Waals surface area (Å²) in [7, 11) is 0. The fourth-order valence-electron chi connectivity index (χ4n) is 3.10. The molecule has 30 heavy (non-hydrogen) atoms. The second kappa shape index (κ2) is 8.52. The summed E-state index contributed by atoms with van der Waals surface area (Å²) in [6.07, 6.45) is -1.26. The Morgan fingerprint density at radius 1 is 1.27 bits per heavy atom. The Bertz CT molecular complexity index is 960. The first-order chi connectivity index (χ1) is 14.2. The Hall–Kier alpha value is -3.43. The van der Waals surface area contributed by atoms with Gasteiger partial charge in [0.05, 0.1) is 5.56 Å². The van der Waals surface area contributed by atoms with Crippen molar-refractivity contribution >= 4 is 23.5 Å². The maximum absolute atomic E-state index is 12.8. The molecular formula is C20H20F3N5O2. The SMILES string of the molecule is C=CC(=O)Nc1ccc(C(=O)N2CCC(Nc3ncc(C(F)(F)F)cn3)C2)cc1C. The highest BCUT2D eigenvalue weighted by molar-refractivity contribution is 6.00. The molecule has 7 nitrogen and oxygen atoms in total. The Labute approximate surface area is 171 Å². The maximum Gasteiger partial charge on any atom is 0.419 e. The molecule has 1 aromatic heterocycles. The molecule has 1 fully saturated rings. The Balaban J connectivity index is 1.61. The van der Waals surface area contributed by atoms with E-state index in [1.807, 2.05) is 0 Å². The van der Waals surface area contributed by atoms with Crippen LogP contribution < -0.4 is 10.6 Å². The fraction of sp³-hybridized carbons (Fsp3) is 0.300. The third kappa shape index (κ3) is 4.94. The summed E-state index contributed by atoms with van der Waals surface area (Å²) in [6, 6.07) is 4.82. The van der Waals surface area contributed by atoms with Gasteiger partial charge < -0.3 is 15.5 Å². The minimum atomic E-state index is -4.49. The van der Waals surface area contributed by atoms with E-state index in [1.54, 1.807) is 30.0 Å². The van der Waals surface area contributed by atoms with Crippen molar-refractivity contribution in [2.24, 2.45) is 0 Å². The molecule has 1 atom stereocenters. The predicted octanol–water partition coefficient (Wildman–Crippen LogP) is 3.25. The van der Waals surface area contributed by atoms with Gasteiger partial charge in [-0.3, -0.25) is 9.59 Å². The molecule has 158 valence electrons. The number of rotatable bonds is 5. The predicted molar refractivity (Wildman–Crippen MR) is 105 cm³/mol. The van der Waals surface area contributed by atoms with E-state index in [2.05, 4.69) is 27.2 Å². The summed E-state index contributed by atoms with van der Waals surface area (Å²) in [5.41, 5.74) is 0.898. The number of hydrogen-bond acceptors (Lipinski definition) is 5. The summed E-state index contributed by atoms with van der Waals surface area (Å²) < 4.78 is 37.8. The van der Waals surface area contributed by atoms with Gasteiger partial charge in [-0.05, 0) is 43.2 Å². The van der Waals surface area contributed by atoms with Crippen LogP contribution in [0.5, 0.6) is 0 Å². The smallest absolute Gasteiger partial charge is 0.350 e. The van der Waals surface area contributed by atoms with Gasteiger partial charge in [0.2, 0.25) is 11.9 Å². The molecule has 2 amide bonds. The van der Waals surface area contributed by atoms with Gasteiger partial charge >= 0.3 is 6.18 Å². The number of aromatic nitrogens is 2. The molecule has 2 N–H and O–H groups in total. The molecule has 1 aromatic carbocycles. The first kappa shape index (κ1) is 21.3. The summed E-state index contributed by atoms with van der Waals surface area (Å²) >= 11 is 0. The van der Waals surface area contributed by atoms with Crippen LogP contribution in [0, 0.1) is 6.92 Å². The minimum Gasteiger partial charge on any atom is -0.350 e. The minimum absolute atomic E-state index is 0.0838. The summed E-state index contributed by atoms with van der Waals surface area (Å²) in [6.45, 7) is 6.05. The number of nitrogens with zero attached hydrogens (tertiary/aromatic N) is 3. The molecule has 0 spiro atoms. The van der Waals surface area contributed by atoms with Gasteiger partial charge in [0.15, 0.2) is 0 Å². The highest BCUT2D eigenvalue weighted by atomic mass is 19.4. The quantitative estimate of drug-likeness (QED) is 0.727. The van der Waals surface area contributed by atoms with Gasteiger partial charge in [0, 0.05) is 42.8 Å². The van der Waals surface area contributed by atoms with Crippen molar-refractivity contribution in [1.82, 2.24) is 14.9 Å². The van der Waals surface area contributed by atoms with Crippen molar-refractivity contribution < 1.29 is 22.8 Å². The number of carbonyl (C=O) groups is 2. The largest absolute Gasteiger partial charge is 0.419 e. The average molecular weight is 419 g/mol. The molecule has 1 unspecified atom stereocenters. The fourth-order valence-corrected chi connectivity index (χ4v) is 3.10. The zero-order chi connectivity index (χ0) is 21.9. The highest BCUT2D eigenvalue weighted by Crippen LogP contribution is 2.28. The number of likely N-dealkylation sites (tertiary alicyclic amines) is 1. The van der Waals surface area contributed by atoms with E-state index < -0.39 is 11.7 Å². The third-order valence-electron chi connectivity index (χ3n) is 4.70. The van der Waals surface area contributed by atoms with E-state index >= 15 is 0 Å². The molecule has 10 heteroatoms. The summed E-state index contributed by atoms with van der Waals surface area (Å²) in [5, 5.41) is 5.63. The molecule has 3 rings (SSSR count). The van der Waals surface area contributed by atoms with Crippen LogP contribution in [0.15, 0.2) is 43.2 Å². The van der Waals surface area contributed by atoms with Crippen LogP contribution in [-0.4, -0.2) is 45.8 Å². The number of nitrogens with one attached hydrogen (secondary N) is 2. The molecule has 0 bridgehead atoms. The van der Waals surface area contributed by atoms with Gasteiger partial charge in [0.1, 0.15) is 0 Å². The molecule has 1 aliphatic heterocycles. The van der Waals surface area contributed by atoms with Crippen LogP contribution in [-0.2, 0) is 11.0 Å². The Morgan fingerprint density at radius 3 is 2.57 bits per heavy atom. The van der Waals surface area contributed by atoms with Gasteiger partial charge in [-0.2, -0.15) is 13.2 Å². The number of halogens is 3. The topological polar surface area (TPSA) is 87.2 Å². The van der Waals surface area contributed by atoms with E-state index in [0.29, 0.717) is 30.8 Å². The number of aryl methyl sites for hydroxylation is 1. The molecule has 0 saturated carbocycles. The van der Waals surface area contributed by atoms with Crippen molar-refractivity contribution in [1.29, 1.82) is 0 Å². The van der Waals surface area contributed by atoms with E-state index in [1.165, 1.54) is 0 Å². The average Bonchev–Trinajstić information content (AvgIpc) is 3.17. The van der Waals surface area contributed by atoms with Crippen molar-refractivity contribution in [2.45, 2.75) is 25.6 Å². The van der Waals surface area contributed by atoms with E-state index in [4.69, 9.17) is 0 Å². The molecule has 1 saturated heterocycles. The highest BCUT2D eigenvalue weighted by Gasteiger charge is 2.32. The summed E-state index contributed by atoms with van der Waals surface area (Å²) in [5.74, 6) is -0.422. The van der Waals surface area contributed by atoms with E-state index in [0.717, 1.165) is 24.0 Å². The van der Waals surface area contributed by atoms with Crippen molar-refractivity contribution in [3.8, 4) is 0 Å². The van der Waals surface area contributed by atoms with E-state index in [9.17, 15) is 22.8 Å². The van der Waals surface area contributed by atoms with Gasteiger partial charge in [-0.1, -0.05) is 6.58 Å². The van der Waals surface area contributed by atoms with E-state index in [-0.39, 0.29) is 23.8 Å². The number of anilines is 2. The number of amides is 2. The monoisotopic (exact) mass is 419 g/mol. The summed E-state index contributed by atoms with van der Waals surface area (Å²) in [4.78, 5) is 33.3. The van der Waals surface area contributed by atoms with Gasteiger partial charge in [-0.15, -0.1) is 0 Å².